The molecule has 17 heavy (non-hydrogen) atoms. The van der Waals surface area contributed by atoms with Crippen LogP contribution in [-0.4, -0.2) is 18.8 Å². The molecule has 1 saturated heterocycles. The Hall–Kier alpha value is -0.450. The molecule has 1 heterocycles. The van der Waals surface area contributed by atoms with Gasteiger partial charge in [0.15, 0.2) is 0 Å². The molecule has 0 bridgehead atoms. The molecule has 1 aromatic rings. The molecule has 2 rings (SSSR count). The summed E-state index contributed by atoms with van der Waals surface area (Å²) in [5, 5.41) is 3.54. The van der Waals surface area contributed by atoms with E-state index in [0.717, 1.165) is 38.2 Å². The van der Waals surface area contributed by atoms with Crippen LogP contribution in [0.25, 0.3) is 0 Å². The third kappa shape index (κ3) is 3.50. The Bertz CT molecular complexity index is 391. The minimum atomic E-state index is -0.217. The van der Waals surface area contributed by atoms with Crippen LogP contribution in [0.4, 0.5) is 4.39 Å². The smallest absolute Gasteiger partial charge is 0.137 e. The number of hydrogen-bond acceptors (Lipinski definition) is 2. The van der Waals surface area contributed by atoms with Crippen molar-refractivity contribution in [3.63, 3.8) is 0 Å². The maximum absolute atomic E-state index is 13.1. The fourth-order valence-corrected chi connectivity index (χ4v) is 2.39. The molecule has 0 aliphatic carbocycles. The van der Waals surface area contributed by atoms with Gasteiger partial charge in [0.1, 0.15) is 5.82 Å². The zero-order valence-corrected chi connectivity index (χ0v) is 11.5. The molecule has 1 aliphatic heterocycles. The van der Waals surface area contributed by atoms with Gasteiger partial charge in [-0.25, -0.2) is 4.39 Å². The summed E-state index contributed by atoms with van der Waals surface area (Å²) in [6.07, 6.45) is 2.05. The molecule has 1 aromatic carbocycles. The van der Waals surface area contributed by atoms with Gasteiger partial charge in [-0.3, -0.25) is 0 Å². The average Bonchev–Trinajstić information content (AvgIpc) is 2.32. The lowest BCUT2D eigenvalue weighted by atomic mass is 9.92. The highest BCUT2D eigenvalue weighted by molar-refractivity contribution is 9.10. The van der Waals surface area contributed by atoms with Crippen LogP contribution in [0.1, 0.15) is 25.3 Å². The van der Waals surface area contributed by atoms with Gasteiger partial charge < -0.3 is 10.1 Å². The predicted molar refractivity (Wildman–Crippen MR) is 69.4 cm³/mol. The van der Waals surface area contributed by atoms with Crippen LogP contribution >= 0.6 is 15.9 Å². The molecule has 2 nitrogen and oxygen atoms in total. The van der Waals surface area contributed by atoms with Crippen molar-refractivity contribution in [1.82, 2.24) is 5.32 Å². The number of halogens is 2. The normalized spacial score (nSPS) is 19.2. The first-order valence-electron chi connectivity index (χ1n) is 5.86. The summed E-state index contributed by atoms with van der Waals surface area (Å²) in [6.45, 7) is 4.61. The van der Waals surface area contributed by atoms with Crippen molar-refractivity contribution in [2.24, 2.45) is 0 Å². The Morgan fingerprint density at radius 2 is 2.12 bits per heavy atom. The second-order valence-corrected chi connectivity index (χ2v) is 5.63. The van der Waals surface area contributed by atoms with Crippen LogP contribution in [0.2, 0.25) is 0 Å². The topological polar surface area (TPSA) is 21.3 Å². The van der Waals surface area contributed by atoms with Crippen LogP contribution in [0.3, 0.4) is 0 Å². The zero-order chi connectivity index (χ0) is 12.3. The van der Waals surface area contributed by atoms with Crippen molar-refractivity contribution >= 4 is 15.9 Å². The minimum absolute atomic E-state index is 0.138. The van der Waals surface area contributed by atoms with Crippen molar-refractivity contribution in [3.05, 3.63) is 34.1 Å². The van der Waals surface area contributed by atoms with Gasteiger partial charge in [-0.15, -0.1) is 0 Å². The van der Waals surface area contributed by atoms with E-state index in [9.17, 15) is 4.39 Å². The Morgan fingerprint density at radius 3 is 2.76 bits per heavy atom. The highest BCUT2D eigenvalue weighted by Gasteiger charge is 2.26. The molecule has 0 saturated carbocycles. The quantitative estimate of drug-likeness (QED) is 0.925. The second-order valence-electron chi connectivity index (χ2n) is 4.78. The van der Waals surface area contributed by atoms with Crippen LogP contribution < -0.4 is 5.32 Å². The van der Waals surface area contributed by atoms with Crippen LogP contribution in [0.15, 0.2) is 22.7 Å². The molecule has 94 valence electrons. The fourth-order valence-electron chi connectivity index (χ4n) is 1.96. The first-order chi connectivity index (χ1) is 8.09. The first-order valence-corrected chi connectivity index (χ1v) is 6.65. The molecule has 0 spiro atoms. The van der Waals surface area contributed by atoms with Gasteiger partial charge in [-0.2, -0.15) is 0 Å². The van der Waals surface area contributed by atoms with E-state index >= 15 is 0 Å². The van der Waals surface area contributed by atoms with E-state index in [4.69, 9.17) is 4.74 Å². The lowest BCUT2D eigenvalue weighted by Gasteiger charge is -2.34. The summed E-state index contributed by atoms with van der Waals surface area (Å²) >= 11 is 3.20. The molecule has 0 radical (unpaired) electrons. The Labute approximate surface area is 110 Å². The summed E-state index contributed by atoms with van der Waals surface area (Å²) < 4.78 is 19.0. The molecule has 1 aliphatic rings. The molecule has 0 aromatic heterocycles. The molecule has 1 fully saturated rings. The van der Waals surface area contributed by atoms with Gasteiger partial charge in [0, 0.05) is 25.3 Å². The zero-order valence-electron chi connectivity index (χ0n) is 9.93. The number of rotatable bonds is 3. The summed E-state index contributed by atoms with van der Waals surface area (Å²) in [6, 6.07) is 5.13. The summed E-state index contributed by atoms with van der Waals surface area (Å²) in [7, 11) is 0. The molecule has 4 heteroatoms. The van der Waals surface area contributed by atoms with E-state index in [2.05, 4.69) is 28.2 Å². The van der Waals surface area contributed by atoms with E-state index in [1.165, 1.54) is 6.07 Å². The average molecular weight is 302 g/mol. The minimum Gasteiger partial charge on any atom is -0.381 e. The van der Waals surface area contributed by atoms with E-state index in [-0.39, 0.29) is 11.4 Å². The molecule has 0 unspecified atom stereocenters. The van der Waals surface area contributed by atoms with E-state index in [1.807, 2.05) is 12.1 Å². The summed E-state index contributed by atoms with van der Waals surface area (Å²) in [5.74, 6) is -0.217. The third-order valence-corrected chi connectivity index (χ3v) is 3.91. The van der Waals surface area contributed by atoms with Crippen molar-refractivity contribution in [2.45, 2.75) is 31.8 Å². The monoisotopic (exact) mass is 301 g/mol. The molecule has 0 amide bonds. The Balaban J connectivity index is 1.94. The number of nitrogens with one attached hydrogen (secondary N) is 1. The van der Waals surface area contributed by atoms with Crippen LogP contribution in [0, 0.1) is 5.82 Å². The van der Waals surface area contributed by atoms with E-state index < -0.39 is 0 Å². The van der Waals surface area contributed by atoms with Gasteiger partial charge >= 0.3 is 0 Å². The van der Waals surface area contributed by atoms with E-state index in [0.29, 0.717) is 4.47 Å². The third-order valence-electron chi connectivity index (χ3n) is 3.30. The molecular weight excluding hydrogens is 285 g/mol. The predicted octanol–water partition coefficient (Wildman–Crippen LogP) is 3.25. The SMILES string of the molecule is CC1(NCc2ccc(F)c(Br)c2)CCOCC1. The van der Waals surface area contributed by atoms with Gasteiger partial charge in [0.25, 0.3) is 0 Å². The lowest BCUT2D eigenvalue weighted by Crippen LogP contribution is -2.46. The maximum atomic E-state index is 13.1. The Kier molecular flexibility index (Phi) is 4.17. The molecular formula is C13H17BrFNO. The van der Waals surface area contributed by atoms with Crippen molar-refractivity contribution in [1.29, 1.82) is 0 Å². The van der Waals surface area contributed by atoms with Crippen LogP contribution in [0.5, 0.6) is 0 Å². The highest BCUT2D eigenvalue weighted by Crippen LogP contribution is 2.21. The first kappa shape index (κ1) is 13.0. The van der Waals surface area contributed by atoms with Gasteiger partial charge in [-0.1, -0.05) is 6.07 Å². The molecule has 1 N–H and O–H groups in total. The summed E-state index contributed by atoms with van der Waals surface area (Å²) in [5.41, 5.74) is 1.23. The highest BCUT2D eigenvalue weighted by atomic mass is 79.9. The van der Waals surface area contributed by atoms with Gasteiger partial charge in [-0.05, 0) is 53.4 Å². The number of hydrogen-bond donors (Lipinski definition) is 1. The number of benzene rings is 1. The van der Waals surface area contributed by atoms with Gasteiger partial charge in [0.2, 0.25) is 0 Å². The summed E-state index contributed by atoms with van der Waals surface area (Å²) in [4.78, 5) is 0. The van der Waals surface area contributed by atoms with Crippen LogP contribution in [-0.2, 0) is 11.3 Å². The lowest BCUT2D eigenvalue weighted by molar-refractivity contribution is 0.0446. The number of ether oxygens (including phenoxy) is 1. The fraction of sp³-hybridized carbons (Fsp3) is 0.538. The van der Waals surface area contributed by atoms with Crippen molar-refractivity contribution < 1.29 is 9.13 Å². The largest absolute Gasteiger partial charge is 0.381 e. The second kappa shape index (κ2) is 5.46. The Morgan fingerprint density at radius 1 is 1.41 bits per heavy atom. The maximum Gasteiger partial charge on any atom is 0.137 e. The standard InChI is InChI=1S/C13H17BrFNO/c1-13(4-6-17-7-5-13)16-9-10-2-3-12(15)11(14)8-10/h2-3,8,16H,4-7,9H2,1H3. The molecule has 0 atom stereocenters. The van der Waals surface area contributed by atoms with Crippen molar-refractivity contribution in [2.75, 3.05) is 13.2 Å². The van der Waals surface area contributed by atoms with Crippen molar-refractivity contribution in [3.8, 4) is 0 Å². The van der Waals surface area contributed by atoms with E-state index in [1.54, 1.807) is 0 Å². The van der Waals surface area contributed by atoms with Gasteiger partial charge in [0.05, 0.1) is 4.47 Å².